The predicted molar refractivity (Wildman–Crippen MR) is 112 cm³/mol. The van der Waals surface area contributed by atoms with Crippen molar-refractivity contribution in [3.05, 3.63) is 61.2 Å². The molecule has 0 aliphatic carbocycles. The molecule has 0 bridgehead atoms. The summed E-state index contributed by atoms with van der Waals surface area (Å²) in [6.45, 7) is 3.96. The summed E-state index contributed by atoms with van der Waals surface area (Å²) in [6, 6.07) is 14.5. The van der Waals surface area contributed by atoms with Crippen LogP contribution in [-0.4, -0.2) is 52.3 Å². The van der Waals surface area contributed by atoms with Crippen LogP contribution in [0.25, 0.3) is 22.5 Å². The van der Waals surface area contributed by atoms with Crippen LogP contribution in [0.4, 0.5) is 0 Å². The number of likely N-dealkylation sites (tertiary alicyclic amines) is 1. The first-order valence-electron chi connectivity index (χ1n) is 10.1. The summed E-state index contributed by atoms with van der Waals surface area (Å²) in [5.74, 6) is 0. The Bertz CT molecular complexity index is 855. The van der Waals surface area contributed by atoms with Gasteiger partial charge in [0.2, 0.25) is 0 Å². The molecule has 2 aromatic heterocycles. The highest BCUT2D eigenvalue weighted by atomic mass is 16.5. The largest absolute Gasteiger partial charge is 0.378 e. The van der Waals surface area contributed by atoms with Crippen LogP contribution in [0.1, 0.15) is 19.3 Å². The Balaban J connectivity index is 1.46. The second-order valence-electron chi connectivity index (χ2n) is 7.46. The lowest BCUT2D eigenvalue weighted by atomic mass is 10.1. The van der Waals surface area contributed by atoms with Crippen LogP contribution in [0.3, 0.4) is 0 Å². The molecule has 4 rings (SSSR count). The average molecular weight is 377 g/mol. The van der Waals surface area contributed by atoms with Gasteiger partial charge in [-0.25, -0.2) is 4.98 Å². The Labute approximate surface area is 167 Å². The van der Waals surface area contributed by atoms with E-state index in [1.807, 2.05) is 24.8 Å². The Morgan fingerprint density at radius 1 is 1.00 bits per heavy atom. The quantitative estimate of drug-likeness (QED) is 0.582. The summed E-state index contributed by atoms with van der Waals surface area (Å²) in [7, 11) is 2.18. The fourth-order valence-corrected chi connectivity index (χ4v) is 3.81. The monoisotopic (exact) mass is 376 g/mol. The van der Waals surface area contributed by atoms with Crippen LogP contribution in [0.5, 0.6) is 0 Å². The van der Waals surface area contributed by atoms with Gasteiger partial charge >= 0.3 is 0 Å². The minimum Gasteiger partial charge on any atom is -0.378 e. The standard InChI is InChI=1S/C23H28N4O/c1-26-15-10-21(11-16-26)28-17-5-14-27-18-25-22(19-6-3-2-4-7-19)23(27)20-8-12-24-13-9-20/h2-4,6-9,12-13,18,21H,5,10-11,14-17H2,1H3. The molecule has 1 fully saturated rings. The zero-order valence-corrected chi connectivity index (χ0v) is 16.5. The number of piperidine rings is 1. The number of aromatic nitrogens is 3. The van der Waals surface area contributed by atoms with E-state index >= 15 is 0 Å². The molecule has 0 radical (unpaired) electrons. The van der Waals surface area contributed by atoms with Gasteiger partial charge in [0, 0.05) is 49.8 Å². The molecule has 1 aromatic carbocycles. The highest BCUT2D eigenvalue weighted by Gasteiger charge is 2.17. The number of hydrogen-bond donors (Lipinski definition) is 0. The number of benzene rings is 1. The minimum absolute atomic E-state index is 0.415. The maximum atomic E-state index is 6.12. The molecule has 0 spiro atoms. The summed E-state index contributed by atoms with van der Waals surface area (Å²) in [4.78, 5) is 11.3. The third kappa shape index (κ3) is 4.49. The number of hydrogen-bond acceptors (Lipinski definition) is 4. The second kappa shape index (κ2) is 9.13. The van der Waals surface area contributed by atoms with E-state index < -0.39 is 0 Å². The van der Waals surface area contributed by atoms with Crippen LogP contribution in [0, 0.1) is 0 Å². The van der Waals surface area contributed by atoms with Gasteiger partial charge in [-0.3, -0.25) is 4.98 Å². The van der Waals surface area contributed by atoms with Gasteiger partial charge in [0.05, 0.1) is 23.8 Å². The van der Waals surface area contributed by atoms with Crippen molar-refractivity contribution in [2.75, 3.05) is 26.7 Å². The molecule has 0 amide bonds. The van der Waals surface area contributed by atoms with Crippen molar-refractivity contribution in [2.24, 2.45) is 0 Å². The zero-order chi connectivity index (χ0) is 19.2. The summed E-state index contributed by atoms with van der Waals surface area (Å²) < 4.78 is 8.37. The van der Waals surface area contributed by atoms with Gasteiger partial charge in [0.1, 0.15) is 0 Å². The van der Waals surface area contributed by atoms with Crippen molar-refractivity contribution in [3.63, 3.8) is 0 Å². The van der Waals surface area contributed by atoms with E-state index in [4.69, 9.17) is 9.72 Å². The minimum atomic E-state index is 0.415. The van der Waals surface area contributed by atoms with E-state index in [-0.39, 0.29) is 0 Å². The molecular weight excluding hydrogens is 348 g/mol. The first kappa shape index (κ1) is 18.8. The number of nitrogens with zero attached hydrogens (tertiary/aromatic N) is 4. The van der Waals surface area contributed by atoms with E-state index in [0.717, 1.165) is 68.0 Å². The van der Waals surface area contributed by atoms with Crippen LogP contribution in [-0.2, 0) is 11.3 Å². The lowest BCUT2D eigenvalue weighted by molar-refractivity contribution is 0.0103. The smallest absolute Gasteiger partial charge is 0.0963 e. The zero-order valence-electron chi connectivity index (χ0n) is 16.5. The number of rotatable bonds is 7. The molecule has 1 aliphatic rings. The maximum absolute atomic E-state index is 6.12. The molecule has 5 nitrogen and oxygen atoms in total. The predicted octanol–water partition coefficient (Wildman–Crippen LogP) is 4.11. The molecule has 0 atom stereocenters. The maximum Gasteiger partial charge on any atom is 0.0963 e. The molecule has 0 N–H and O–H groups in total. The first-order chi connectivity index (χ1) is 13.8. The van der Waals surface area contributed by atoms with Gasteiger partial charge in [-0.05, 0) is 38.4 Å². The number of pyridine rings is 1. The SMILES string of the molecule is CN1CCC(OCCCn2cnc(-c3ccccc3)c2-c2ccncc2)CC1. The van der Waals surface area contributed by atoms with E-state index in [0.29, 0.717) is 6.10 Å². The molecule has 1 aliphatic heterocycles. The lowest BCUT2D eigenvalue weighted by Gasteiger charge is -2.28. The van der Waals surface area contributed by atoms with Crippen LogP contribution in [0.15, 0.2) is 61.2 Å². The van der Waals surface area contributed by atoms with Gasteiger partial charge in [-0.15, -0.1) is 0 Å². The Morgan fingerprint density at radius 3 is 2.50 bits per heavy atom. The van der Waals surface area contributed by atoms with Crippen molar-refractivity contribution in [1.29, 1.82) is 0 Å². The van der Waals surface area contributed by atoms with Crippen molar-refractivity contribution in [1.82, 2.24) is 19.4 Å². The Kier molecular flexibility index (Phi) is 6.14. The number of ether oxygens (including phenoxy) is 1. The molecule has 28 heavy (non-hydrogen) atoms. The third-order valence-corrected chi connectivity index (χ3v) is 5.40. The van der Waals surface area contributed by atoms with Gasteiger partial charge < -0.3 is 14.2 Å². The molecule has 0 saturated carbocycles. The highest BCUT2D eigenvalue weighted by molar-refractivity contribution is 5.78. The van der Waals surface area contributed by atoms with E-state index in [2.05, 4.69) is 57.9 Å². The normalized spacial score (nSPS) is 15.8. The molecule has 3 aromatic rings. The summed E-state index contributed by atoms with van der Waals surface area (Å²) in [6.07, 6.45) is 9.31. The number of aryl methyl sites for hydroxylation is 1. The molecule has 146 valence electrons. The van der Waals surface area contributed by atoms with Crippen LogP contribution < -0.4 is 0 Å². The first-order valence-corrected chi connectivity index (χ1v) is 10.1. The van der Waals surface area contributed by atoms with Gasteiger partial charge in [0.25, 0.3) is 0 Å². The molecule has 0 unspecified atom stereocenters. The van der Waals surface area contributed by atoms with Gasteiger partial charge in [-0.2, -0.15) is 0 Å². The molecule has 3 heterocycles. The average Bonchev–Trinajstić information content (AvgIpc) is 3.18. The van der Waals surface area contributed by atoms with E-state index in [1.54, 1.807) is 0 Å². The second-order valence-corrected chi connectivity index (χ2v) is 7.46. The Morgan fingerprint density at radius 2 is 1.75 bits per heavy atom. The summed E-state index contributed by atoms with van der Waals surface area (Å²) >= 11 is 0. The fourth-order valence-electron chi connectivity index (χ4n) is 3.81. The van der Waals surface area contributed by atoms with Crippen LogP contribution >= 0.6 is 0 Å². The van der Waals surface area contributed by atoms with E-state index in [1.165, 1.54) is 0 Å². The molecule has 1 saturated heterocycles. The van der Waals surface area contributed by atoms with Crippen molar-refractivity contribution >= 4 is 0 Å². The van der Waals surface area contributed by atoms with Crippen LogP contribution in [0.2, 0.25) is 0 Å². The fraction of sp³-hybridized carbons (Fsp3) is 0.391. The van der Waals surface area contributed by atoms with Crippen molar-refractivity contribution < 1.29 is 4.74 Å². The molecule has 5 heteroatoms. The van der Waals surface area contributed by atoms with Crippen molar-refractivity contribution in [2.45, 2.75) is 31.9 Å². The van der Waals surface area contributed by atoms with Gasteiger partial charge in [0.15, 0.2) is 0 Å². The summed E-state index contributed by atoms with van der Waals surface area (Å²) in [5.41, 5.74) is 4.44. The lowest BCUT2D eigenvalue weighted by Crippen LogP contribution is -2.34. The van der Waals surface area contributed by atoms with E-state index in [9.17, 15) is 0 Å². The summed E-state index contributed by atoms with van der Waals surface area (Å²) in [5, 5.41) is 0. The number of imidazole rings is 1. The topological polar surface area (TPSA) is 43.2 Å². The Hall–Kier alpha value is -2.50. The van der Waals surface area contributed by atoms with Crippen molar-refractivity contribution in [3.8, 4) is 22.5 Å². The third-order valence-electron chi connectivity index (χ3n) is 5.40. The van der Waals surface area contributed by atoms with Gasteiger partial charge in [-0.1, -0.05) is 30.3 Å². The highest BCUT2D eigenvalue weighted by Crippen LogP contribution is 2.31. The molecular formula is C23H28N4O.